The molecule has 3 fully saturated rings. The lowest BCUT2D eigenvalue weighted by atomic mass is 9.56. The number of ether oxygens (including phenoxy) is 1. The third-order valence-electron chi connectivity index (χ3n) is 9.90. The predicted molar refractivity (Wildman–Crippen MR) is 174 cm³/mol. The Hall–Kier alpha value is -4.07. The van der Waals surface area contributed by atoms with Crippen molar-refractivity contribution >= 4 is 70.8 Å². The molecule has 2 saturated heterocycles. The molecule has 14 heteroatoms. The molecule has 7 rings (SSSR count). The number of carbonyl (C=O) groups is 4. The smallest absolute Gasteiger partial charge is 0.488 e. The average Bonchev–Trinajstić information content (AvgIpc) is 3.42. The molecule has 10 nitrogen and oxygen atoms in total. The zero-order chi connectivity index (χ0) is 34.1. The summed E-state index contributed by atoms with van der Waals surface area (Å²) in [6, 6.07) is 17.2. The minimum absolute atomic E-state index is 0.0588. The third kappa shape index (κ3) is 4.57. The van der Waals surface area contributed by atoms with Crippen LogP contribution in [0.4, 0.5) is 15.8 Å². The zero-order valence-corrected chi connectivity index (χ0v) is 26.6. The molecule has 3 N–H and O–H groups in total. The van der Waals surface area contributed by atoms with E-state index in [4.69, 9.17) is 27.9 Å². The number of rotatable bonds is 7. The maximum absolute atomic E-state index is 14.5. The van der Waals surface area contributed by atoms with E-state index in [1.165, 1.54) is 36.4 Å². The Balaban J connectivity index is 1.39. The highest BCUT2D eigenvalue weighted by molar-refractivity contribution is 6.59. The summed E-state index contributed by atoms with van der Waals surface area (Å²) in [6.07, 6.45) is 1.62. The van der Waals surface area contributed by atoms with Crippen molar-refractivity contribution in [2.24, 2.45) is 17.8 Å². The normalized spacial score (nSPS) is 29.4. The summed E-state index contributed by atoms with van der Waals surface area (Å²) in [5.74, 6) is -6.85. The van der Waals surface area contributed by atoms with Crippen LogP contribution in [0.1, 0.15) is 24.3 Å². The van der Waals surface area contributed by atoms with Crippen LogP contribution in [0.2, 0.25) is 0 Å². The van der Waals surface area contributed by atoms with Crippen LogP contribution in [0.25, 0.3) is 0 Å². The molecule has 0 aromatic heterocycles. The summed E-state index contributed by atoms with van der Waals surface area (Å²) in [5.41, 5.74) is 1.22. The van der Waals surface area contributed by atoms with Crippen LogP contribution in [0, 0.1) is 23.6 Å². The van der Waals surface area contributed by atoms with Crippen LogP contribution in [0.5, 0.6) is 5.75 Å². The number of benzene rings is 3. The molecule has 2 heterocycles. The van der Waals surface area contributed by atoms with Gasteiger partial charge in [0.2, 0.25) is 11.8 Å². The number of carbonyl (C=O) groups excluding carboxylic acids is 4. The minimum Gasteiger partial charge on any atom is -0.491 e. The number of aliphatic hydroxyl groups is 1. The van der Waals surface area contributed by atoms with Crippen molar-refractivity contribution in [3.63, 3.8) is 0 Å². The first-order chi connectivity index (χ1) is 22.9. The Labute approximate surface area is 284 Å². The fourth-order valence-electron chi connectivity index (χ4n) is 7.83. The van der Waals surface area contributed by atoms with Crippen LogP contribution >= 0.6 is 23.2 Å². The monoisotopic (exact) mass is 692 g/mol. The lowest BCUT2D eigenvalue weighted by molar-refractivity contribution is -0.125. The maximum Gasteiger partial charge on any atom is 0.488 e. The van der Waals surface area contributed by atoms with E-state index in [9.17, 15) is 38.7 Å². The quantitative estimate of drug-likeness (QED) is 0.148. The molecule has 3 aromatic rings. The summed E-state index contributed by atoms with van der Waals surface area (Å²) in [6.45, 7) is -0.396. The average molecular weight is 693 g/mol. The first-order valence-electron chi connectivity index (χ1n) is 15.3. The number of hydrogen-bond acceptors (Lipinski definition) is 8. The Morgan fingerprint density at radius 1 is 0.875 bits per heavy atom. The second kappa shape index (κ2) is 11.8. The Bertz CT molecular complexity index is 1890. The van der Waals surface area contributed by atoms with Gasteiger partial charge in [-0.1, -0.05) is 42.0 Å². The number of nitrogens with zero attached hydrogens (tertiary/aromatic N) is 2. The van der Waals surface area contributed by atoms with E-state index in [2.05, 4.69) is 0 Å². The van der Waals surface area contributed by atoms with Gasteiger partial charge in [-0.05, 0) is 66.7 Å². The number of imide groups is 2. The SMILES string of the molecule is O=C1[C@H]2[C@H](CC=C3[C@H]2C[C@@]2(Cl)C(=O)N(c4ccc(F)cc4)C(=O)[C@@]2(Cl)[C@H]3c2ccccc2OCCO)C(=O)N1c1cccc(B(O)O)c1. The van der Waals surface area contributed by atoms with Gasteiger partial charge < -0.3 is 19.9 Å². The van der Waals surface area contributed by atoms with Crippen LogP contribution in [0.15, 0.2) is 84.4 Å². The van der Waals surface area contributed by atoms with Crippen molar-refractivity contribution in [2.75, 3.05) is 23.0 Å². The molecule has 2 aliphatic heterocycles. The number of para-hydroxylation sites is 1. The molecule has 4 aliphatic rings. The Morgan fingerprint density at radius 3 is 2.31 bits per heavy atom. The lowest BCUT2D eigenvalue weighted by Gasteiger charge is -2.50. The van der Waals surface area contributed by atoms with Gasteiger partial charge in [0.1, 0.15) is 18.2 Å². The molecule has 4 amide bonds. The van der Waals surface area contributed by atoms with Gasteiger partial charge in [0, 0.05) is 11.5 Å². The number of halogens is 3. The van der Waals surface area contributed by atoms with Crippen LogP contribution in [-0.4, -0.2) is 68.9 Å². The van der Waals surface area contributed by atoms with Crippen molar-refractivity contribution in [1.29, 1.82) is 0 Å². The zero-order valence-electron chi connectivity index (χ0n) is 25.1. The molecule has 0 bridgehead atoms. The predicted octanol–water partition coefficient (Wildman–Crippen LogP) is 2.64. The fourth-order valence-corrected chi connectivity index (χ4v) is 8.76. The van der Waals surface area contributed by atoms with Crippen molar-refractivity contribution in [2.45, 2.75) is 28.5 Å². The number of fused-ring (bicyclic) bond motifs is 4. The minimum atomic E-state index is -2.15. The fraction of sp³-hybridized carbons (Fsp3) is 0.294. The standard InChI is InChI=1S/C34H28BCl2FN2O8/c36-33-17-25-22(12-13-24-27(25)30(43)39(29(24)42)21-5-3-4-18(16-21)35(46)47)28(23-6-1-2-7-26(23)48-15-14-41)34(33,37)32(45)40(31(33)44)20-10-8-19(38)9-11-20/h1-12,16,24-25,27-28,41,46-47H,13-15,17H2/t24-,25+,27-,28+,33+,34-/m0/s1. The molecule has 6 atom stereocenters. The highest BCUT2D eigenvalue weighted by Gasteiger charge is 2.77. The maximum atomic E-state index is 14.5. The first-order valence-corrected chi connectivity index (χ1v) is 16.1. The second-order valence-corrected chi connectivity index (χ2v) is 13.6. The number of aliphatic hydroxyl groups excluding tert-OH is 1. The summed E-state index contributed by atoms with van der Waals surface area (Å²) in [5, 5.41) is 29.0. The molecule has 0 unspecified atom stereocenters. The number of hydrogen-bond donors (Lipinski definition) is 3. The van der Waals surface area contributed by atoms with Crippen molar-refractivity contribution in [1.82, 2.24) is 0 Å². The van der Waals surface area contributed by atoms with Gasteiger partial charge in [-0.3, -0.25) is 24.1 Å². The van der Waals surface area contributed by atoms with Crippen molar-refractivity contribution in [3.8, 4) is 5.75 Å². The second-order valence-electron chi connectivity index (χ2n) is 12.3. The lowest BCUT2D eigenvalue weighted by Crippen LogP contribution is -2.60. The largest absolute Gasteiger partial charge is 0.491 e. The summed E-state index contributed by atoms with van der Waals surface area (Å²) in [4.78, 5) is 54.7. The molecule has 3 aromatic carbocycles. The summed E-state index contributed by atoms with van der Waals surface area (Å²) in [7, 11) is -1.83. The highest BCUT2D eigenvalue weighted by Crippen LogP contribution is 2.66. The van der Waals surface area contributed by atoms with Crippen LogP contribution in [0.3, 0.4) is 0 Å². The van der Waals surface area contributed by atoms with Gasteiger partial charge in [-0.25, -0.2) is 9.29 Å². The van der Waals surface area contributed by atoms with E-state index in [1.54, 1.807) is 30.3 Å². The first kappa shape index (κ1) is 32.5. The number of amides is 4. The van der Waals surface area contributed by atoms with Crippen molar-refractivity contribution in [3.05, 3.63) is 95.8 Å². The third-order valence-corrected chi connectivity index (χ3v) is 11.3. The van der Waals surface area contributed by atoms with Gasteiger partial charge in [0.25, 0.3) is 11.8 Å². The van der Waals surface area contributed by atoms with Crippen LogP contribution in [-0.2, 0) is 19.2 Å². The van der Waals surface area contributed by atoms with Crippen molar-refractivity contribution < 1.29 is 43.5 Å². The van der Waals surface area contributed by atoms with Gasteiger partial charge in [-0.2, -0.15) is 0 Å². The van der Waals surface area contributed by atoms with Gasteiger partial charge >= 0.3 is 7.12 Å². The molecule has 246 valence electrons. The molecule has 0 radical (unpaired) electrons. The highest BCUT2D eigenvalue weighted by atomic mass is 35.5. The number of allylic oxidation sites excluding steroid dienone is 2. The Morgan fingerprint density at radius 2 is 1.60 bits per heavy atom. The molecule has 2 aliphatic carbocycles. The molecule has 1 saturated carbocycles. The van der Waals surface area contributed by atoms with E-state index >= 15 is 0 Å². The van der Waals surface area contributed by atoms with E-state index in [1.807, 2.05) is 0 Å². The molecular formula is C34H28BCl2FN2O8. The van der Waals surface area contributed by atoms with Gasteiger partial charge in [0.05, 0.1) is 29.8 Å². The van der Waals surface area contributed by atoms with E-state index in [0.717, 1.165) is 21.9 Å². The molecule has 48 heavy (non-hydrogen) atoms. The topological polar surface area (TPSA) is 145 Å². The number of anilines is 2. The Kier molecular flexibility index (Phi) is 8.00. The van der Waals surface area contributed by atoms with Gasteiger partial charge in [0.15, 0.2) is 9.75 Å². The van der Waals surface area contributed by atoms with E-state index < -0.39 is 70.0 Å². The van der Waals surface area contributed by atoms with E-state index in [-0.39, 0.29) is 48.6 Å². The summed E-state index contributed by atoms with van der Waals surface area (Å²) >= 11 is 14.8. The van der Waals surface area contributed by atoms with Gasteiger partial charge in [-0.15, -0.1) is 23.2 Å². The summed E-state index contributed by atoms with van der Waals surface area (Å²) < 4.78 is 19.7. The molecular weight excluding hydrogens is 665 g/mol. The number of alkyl halides is 2. The molecule has 0 spiro atoms. The van der Waals surface area contributed by atoms with E-state index in [0.29, 0.717) is 11.1 Å². The van der Waals surface area contributed by atoms with Crippen LogP contribution < -0.4 is 20.0 Å².